The van der Waals surface area contributed by atoms with Crippen LogP contribution in [0.2, 0.25) is 0 Å². The van der Waals surface area contributed by atoms with Gasteiger partial charge in [-0.05, 0) is 48.9 Å². The fourth-order valence-corrected chi connectivity index (χ4v) is 2.17. The molecule has 0 heterocycles. The van der Waals surface area contributed by atoms with Crippen LogP contribution in [0.4, 0.5) is 0 Å². The van der Waals surface area contributed by atoms with Crippen LogP contribution in [0.15, 0.2) is 18.2 Å². The topological polar surface area (TPSA) is 23.5 Å². The molecule has 1 rings (SSSR count). The fourth-order valence-electron chi connectivity index (χ4n) is 2.17. The van der Waals surface area contributed by atoms with Gasteiger partial charge in [0, 0.05) is 19.7 Å². The van der Waals surface area contributed by atoms with E-state index in [-0.39, 0.29) is 12.0 Å². The second kappa shape index (κ2) is 7.06. The van der Waals surface area contributed by atoms with Gasteiger partial charge < -0.3 is 10.0 Å². The molecule has 0 aliphatic heterocycles. The lowest BCUT2D eigenvalue weighted by Crippen LogP contribution is -2.23. The SMILES string of the molecule is Cc1ccc(C(C)(C)C)cc1CCN(C)CCCO. The second-order valence-electron chi connectivity index (χ2n) is 6.52. The molecule has 0 aliphatic rings. The standard InChI is InChI=1S/C17H29NO/c1-14-7-8-16(17(2,3)4)13-15(14)9-11-18(5)10-6-12-19/h7-8,13,19H,6,9-12H2,1-5H3. The maximum atomic E-state index is 8.84. The molecule has 1 N–H and O–H groups in total. The van der Waals surface area contributed by atoms with Crippen molar-refractivity contribution in [1.29, 1.82) is 0 Å². The molecule has 0 radical (unpaired) electrons. The summed E-state index contributed by atoms with van der Waals surface area (Å²) in [5.41, 5.74) is 4.45. The van der Waals surface area contributed by atoms with E-state index in [1.807, 2.05) is 0 Å². The number of aliphatic hydroxyl groups is 1. The van der Waals surface area contributed by atoms with E-state index in [9.17, 15) is 0 Å². The molecule has 2 nitrogen and oxygen atoms in total. The largest absolute Gasteiger partial charge is 0.396 e. The van der Waals surface area contributed by atoms with Crippen LogP contribution < -0.4 is 0 Å². The third kappa shape index (κ3) is 5.33. The lowest BCUT2D eigenvalue weighted by molar-refractivity contribution is 0.248. The Labute approximate surface area is 118 Å². The number of hydrogen-bond acceptors (Lipinski definition) is 2. The molecule has 0 fully saturated rings. The van der Waals surface area contributed by atoms with Crippen LogP contribution in [0.25, 0.3) is 0 Å². The van der Waals surface area contributed by atoms with Gasteiger partial charge in [0.15, 0.2) is 0 Å². The molecule has 0 bridgehead atoms. The summed E-state index contributed by atoms with van der Waals surface area (Å²) in [5.74, 6) is 0. The van der Waals surface area contributed by atoms with Gasteiger partial charge in [-0.3, -0.25) is 0 Å². The molecular formula is C17H29NO. The van der Waals surface area contributed by atoms with E-state index in [4.69, 9.17) is 5.11 Å². The molecule has 0 saturated heterocycles. The van der Waals surface area contributed by atoms with Crippen molar-refractivity contribution in [3.63, 3.8) is 0 Å². The number of aryl methyl sites for hydroxylation is 1. The Balaban J connectivity index is 2.67. The van der Waals surface area contributed by atoms with Crippen LogP contribution in [0.1, 0.15) is 43.9 Å². The molecule has 108 valence electrons. The average molecular weight is 263 g/mol. The number of aliphatic hydroxyl groups excluding tert-OH is 1. The van der Waals surface area contributed by atoms with E-state index in [1.54, 1.807) is 0 Å². The van der Waals surface area contributed by atoms with Crippen molar-refractivity contribution in [2.24, 2.45) is 0 Å². The van der Waals surface area contributed by atoms with E-state index in [1.165, 1.54) is 16.7 Å². The minimum absolute atomic E-state index is 0.214. The van der Waals surface area contributed by atoms with Crippen LogP contribution in [0, 0.1) is 6.92 Å². The van der Waals surface area contributed by atoms with Crippen LogP contribution in [0.5, 0.6) is 0 Å². The number of nitrogens with zero attached hydrogens (tertiary/aromatic N) is 1. The Morgan fingerprint density at radius 2 is 1.84 bits per heavy atom. The zero-order valence-electron chi connectivity index (χ0n) is 13.2. The highest BCUT2D eigenvalue weighted by Crippen LogP contribution is 2.24. The molecule has 0 amide bonds. The summed E-state index contributed by atoms with van der Waals surface area (Å²) in [6.07, 6.45) is 1.94. The van der Waals surface area contributed by atoms with Crippen molar-refractivity contribution in [2.45, 2.75) is 46.0 Å². The van der Waals surface area contributed by atoms with Crippen LogP contribution in [0.3, 0.4) is 0 Å². The van der Waals surface area contributed by atoms with Crippen molar-refractivity contribution >= 4 is 0 Å². The highest BCUT2D eigenvalue weighted by atomic mass is 16.3. The summed E-state index contributed by atoms with van der Waals surface area (Å²) in [5, 5.41) is 8.84. The van der Waals surface area contributed by atoms with Crippen molar-refractivity contribution in [3.8, 4) is 0 Å². The Hall–Kier alpha value is -0.860. The van der Waals surface area contributed by atoms with Gasteiger partial charge in [0.1, 0.15) is 0 Å². The van der Waals surface area contributed by atoms with Gasteiger partial charge in [-0.1, -0.05) is 39.0 Å². The average Bonchev–Trinajstić information content (AvgIpc) is 2.33. The molecule has 0 atom stereocenters. The molecule has 1 aromatic carbocycles. The number of hydrogen-bond donors (Lipinski definition) is 1. The van der Waals surface area contributed by atoms with E-state index in [0.29, 0.717) is 0 Å². The molecule has 1 aromatic rings. The van der Waals surface area contributed by atoms with Crippen molar-refractivity contribution < 1.29 is 5.11 Å². The maximum Gasteiger partial charge on any atom is 0.0443 e. The molecule has 19 heavy (non-hydrogen) atoms. The summed E-state index contributed by atoms with van der Waals surface area (Å²) in [6.45, 7) is 11.3. The fraction of sp³-hybridized carbons (Fsp3) is 0.647. The first-order valence-electron chi connectivity index (χ1n) is 7.24. The third-order valence-corrected chi connectivity index (χ3v) is 3.68. The molecule has 0 aliphatic carbocycles. The predicted molar refractivity (Wildman–Crippen MR) is 82.8 cm³/mol. The second-order valence-corrected chi connectivity index (χ2v) is 6.52. The summed E-state index contributed by atoms with van der Waals surface area (Å²) in [7, 11) is 2.12. The van der Waals surface area contributed by atoms with Crippen LogP contribution in [-0.2, 0) is 11.8 Å². The van der Waals surface area contributed by atoms with Gasteiger partial charge in [-0.15, -0.1) is 0 Å². The number of likely N-dealkylation sites (N-methyl/N-ethyl adjacent to an activating group) is 1. The van der Waals surface area contributed by atoms with Gasteiger partial charge >= 0.3 is 0 Å². The first-order chi connectivity index (χ1) is 8.84. The van der Waals surface area contributed by atoms with E-state index < -0.39 is 0 Å². The lowest BCUT2D eigenvalue weighted by Gasteiger charge is -2.22. The summed E-state index contributed by atoms with van der Waals surface area (Å²) in [4.78, 5) is 2.29. The van der Waals surface area contributed by atoms with Crippen molar-refractivity contribution in [1.82, 2.24) is 4.90 Å². The molecule has 0 spiro atoms. The van der Waals surface area contributed by atoms with E-state index >= 15 is 0 Å². The normalized spacial score (nSPS) is 12.2. The van der Waals surface area contributed by atoms with Gasteiger partial charge in [-0.2, -0.15) is 0 Å². The first kappa shape index (κ1) is 16.2. The minimum Gasteiger partial charge on any atom is -0.396 e. The molecule has 0 saturated carbocycles. The molecule has 0 unspecified atom stereocenters. The first-order valence-corrected chi connectivity index (χ1v) is 7.24. The van der Waals surface area contributed by atoms with Gasteiger partial charge in [0.25, 0.3) is 0 Å². The maximum absolute atomic E-state index is 8.84. The Morgan fingerprint density at radius 3 is 2.42 bits per heavy atom. The Morgan fingerprint density at radius 1 is 1.16 bits per heavy atom. The molecular weight excluding hydrogens is 234 g/mol. The third-order valence-electron chi connectivity index (χ3n) is 3.68. The van der Waals surface area contributed by atoms with E-state index in [2.05, 4.69) is 57.8 Å². The minimum atomic E-state index is 0.214. The highest BCUT2D eigenvalue weighted by Gasteiger charge is 2.14. The van der Waals surface area contributed by atoms with Gasteiger partial charge in [0.05, 0.1) is 0 Å². The summed E-state index contributed by atoms with van der Waals surface area (Å²) in [6, 6.07) is 6.84. The van der Waals surface area contributed by atoms with Crippen molar-refractivity contribution in [3.05, 3.63) is 34.9 Å². The van der Waals surface area contributed by atoms with Crippen LogP contribution >= 0.6 is 0 Å². The number of benzene rings is 1. The lowest BCUT2D eigenvalue weighted by atomic mass is 9.85. The quantitative estimate of drug-likeness (QED) is 0.852. The van der Waals surface area contributed by atoms with Gasteiger partial charge in [-0.25, -0.2) is 0 Å². The van der Waals surface area contributed by atoms with Crippen LogP contribution in [-0.4, -0.2) is 36.8 Å². The Bertz CT molecular complexity index is 393. The van der Waals surface area contributed by atoms with Crippen molar-refractivity contribution in [2.75, 3.05) is 26.7 Å². The molecule has 2 heteroatoms. The summed E-state index contributed by atoms with van der Waals surface area (Å²) < 4.78 is 0. The molecule has 0 aromatic heterocycles. The highest BCUT2D eigenvalue weighted by molar-refractivity contribution is 5.34. The summed E-state index contributed by atoms with van der Waals surface area (Å²) >= 11 is 0. The zero-order valence-corrected chi connectivity index (χ0v) is 13.2. The Kier molecular flexibility index (Phi) is 6.02. The predicted octanol–water partition coefficient (Wildman–Crippen LogP) is 3.15. The van der Waals surface area contributed by atoms with E-state index in [0.717, 1.165) is 25.9 Å². The van der Waals surface area contributed by atoms with Gasteiger partial charge in [0.2, 0.25) is 0 Å². The number of rotatable bonds is 6. The zero-order chi connectivity index (χ0) is 14.5. The smallest absolute Gasteiger partial charge is 0.0443 e. The monoisotopic (exact) mass is 263 g/mol.